The van der Waals surface area contributed by atoms with E-state index in [9.17, 15) is 13.2 Å². The molecule has 156 valence electrons. The van der Waals surface area contributed by atoms with Crippen molar-refractivity contribution < 1.29 is 17.9 Å². The van der Waals surface area contributed by atoms with Crippen LogP contribution in [0.3, 0.4) is 0 Å². The van der Waals surface area contributed by atoms with Crippen molar-refractivity contribution in [2.45, 2.75) is 31.6 Å². The molecule has 0 spiro atoms. The number of amides is 1. The molecule has 2 aromatic rings. The van der Waals surface area contributed by atoms with Crippen LogP contribution >= 0.6 is 15.9 Å². The summed E-state index contributed by atoms with van der Waals surface area (Å²) >= 11 is 3.39. The molecule has 1 N–H and O–H groups in total. The van der Waals surface area contributed by atoms with Gasteiger partial charge in [-0.25, -0.2) is 8.42 Å². The fourth-order valence-corrected chi connectivity index (χ4v) is 4.93. The summed E-state index contributed by atoms with van der Waals surface area (Å²) in [6, 6.07) is 11.6. The Hall–Kier alpha value is -1.90. The van der Waals surface area contributed by atoms with E-state index in [0.717, 1.165) is 17.3 Å². The van der Waals surface area contributed by atoms with Gasteiger partial charge in [0.25, 0.3) is 5.91 Å². The zero-order chi connectivity index (χ0) is 21.0. The van der Waals surface area contributed by atoms with Crippen molar-refractivity contribution in [1.82, 2.24) is 4.31 Å². The molecule has 6 nitrogen and oxygen atoms in total. The minimum absolute atomic E-state index is 0.237. The largest absolute Gasteiger partial charge is 0.492 e. The van der Waals surface area contributed by atoms with Crippen molar-refractivity contribution in [3.8, 4) is 5.75 Å². The number of nitrogens with one attached hydrogen (secondary N) is 1. The third-order valence-corrected chi connectivity index (χ3v) is 6.98. The molecule has 29 heavy (non-hydrogen) atoms. The first-order valence-electron chi connectivity index (χ1n) is 9.61. The van der Waals surface area contributed by atoms with Crippen LogP contribution < -0.4 is 10.1 Å². The highest BCUT2D eigenvalue weighted by Crippen LogP contribution is 2.26. The maximum atomic E-state index is 12.8. The van der Waals surface area contributed by atoms with Gasteiger partial charge in [-0.3, -0.25) is 4.79 Å². The first kappa shape index (κ1) is 21.8. The van der Waals surface area contributed by atoms with Crippen LogP contribution in [0.25, 0.3) is 0 Å². The number of nitrogens with zero attached hydrogens (tertiary/aromatic N) is 1. The summed E-state index contributed by atoms with van der Waals surface area (Å²) in [7, 11) is -3.47. The zero-order valence-electron chi connectivity index (χ0n) is 16.5. The maximum absolute atomic E-state index is 12.8. The fraction of sp³-hybridized carbons (Fsp3) is 0.381. The van der Waals surface area contributed by atoms with E-state index in [1.54, 1.807) is 24.3 Å². The molecule has 2 aromatic carbocycles. The van der Waals surface area contributed by atoms with E-state index >= 15 is 0 Å². The molecule has 1 fully saturated rings. The SMILES string of the molecule is CC(C)COc1ccc(Br)cc1C(=O)Nc1ccc(S(=O)(=O)N2CCCC2)cc1. The van der Waals surface area contributed by atoms with Gasteiger partial charge in [0.1, 0.15) is 5.75 Å². The number of sulfonamides is 1. The van der Waals surface area contributed by atoms with Crippen molar-refractivity contribution in [2.24, 2.45) is 5.92 Å². The van der Waals surface area contributed by atoms with Gasteiger partial charge in [-0.05, 0) is 61.2 Å². The standard InChI is InChI=1S/C21H25BrN2O4S/c1-15(2)14-28-20-10-5-16(22)13-19(20)21(25)23-17-6-8-18(9-7-17)29(26,27)24-11-3-4-12-24/h5-10,13,15H,3-4,11-12,14H2,1-2H3,(H,23,25). The lowest BCUT2D eigenvalue weighted by Gasteiger charge is -2.16. The van der Waals surface area contributed by atoms with Gasteiger partial charge < -0.3 is 10.1 Å². The summed E-state index contributed by atoms with van der Waals surface area (Å²) in [4.78, 5) is 13.0. The Balaban J connectivity index is 1.75. The van der Waals surface area contributed by atoms with Crippen LogP contribution in [0.5, 0.6) is 5.75 Å². The number of anilines is 1. The van der Waals surface area contributed by atoms with E-state index in [2.05, 4.69) is 21.2 Å². The normalized spacial score (nSPS) is 14.9. The van der Waals surface area contributed by atoms with Gasteiger partial charge in [-0.1, -0.05) is 29.8 Å². The van der Waals surface area contributed by atoms with E-state index in [0.29, 0.717) is 42.6 Å². The Labute approximate surface area is 180 Å². The Bertz CT molecular complexity index is 969. The van der Waals surface area contributed by atoms with Crippen LogP contribution in [0.15, 0.2) is 51.8 Å². The van der Waals surface area contributed by atoms with E-state index < -0.39 is 10.0 Å². The van der Waals surface area contributed by atoms with Crippen molar-refractivity contribution >= 4 is 37.5 Å². The van der Waals surface area contributed by atoms with Gasteiger partial charge in [0.15, 0.2) is 0 Å². The molecule has 1 saturated heterocycles. The highest BCUT2D eigenvalue weighted by molar-refractivity contribution is 9.10. The summed E-state index contributed by atoms with van der Waals surface area (Å²) in [6.45, 7) is 5.70. The number of hydrogen-bond acceptors (Lipinski definition) is 4. The molecule has 0 aliphatic carbocycles. The Kier molecular flexibility index (Phi) is 6.97. The minimum Gasteiger partial charge on any atom is -0.492 e. The average molecular weight is 481 g/mol. The maximum Gasteiger partial charge on any atom is 0.259 e. The van der Waals surface area contributed by atoms with E-state index in [1.165, 1.54) is 16.4 Å². The number of rotatable bonds is 7. The summed E-state index contributed by atoms with van der Waals surface area (Å²) < 4.78 is 33.3. The Morgan fingerprint density at radius 2 is 1.79 bits per heavy atom. The van der Waals surface area contributed by atoms with Gasteiger partial charge in [0.05, 0.1) is 17.1 Å². The van der Waals surface area contributed by atoms with E-state index in [-0.39, 0.29) is 10.8 Å². The van der Waals surface area contributed by atoms with Crippen LogP contribution in [-0.4, -0.2) is 38.3 Å². The highest BCUT2D eigenvalue weighted by Gasteiger charge is 2.27. The number of carbonyl (C=O) groups is 1. The molecular formula is C21H25BrN2O4S. The third kappa shape index (κ3) is 5.38. The van der Waals surface area contributed by atoms with Gasteiger partial charge >= 0.3 is 0 Å². The molecule has 0 bridgehead atoms. The van der Waals surface area contributed by atoms with Crippen LogP contribution in [0.1, 0.15) is 37.0 Å². The minimum atomic E-state index is -3.47. The summed E-state index contributed by atoms with van der Waals surface area (Å²) in [5.41, 5.74) is 0.930. The second-order valence-electron chi connectivity index (χ2n) is 7.44. The number of ether oxygens (including phenoxy) is 1. The topological polar surface area (TPSA) is 75.7 Å². The van der Waals surface area contributed by atoms with E-state index in [4.69, 9.17) is 4.74 Å². The number of carbonyl (C=O) groups excluding carboxylic acids is 1. The predicted octanol–water partition coefficient (Wildman–Crippen LogP) is 4.52. The molecule has 0 unspecified atom stereocenters. The lowest BCUT2D eigenvalue weighted by Crippen LogP contribution is -2.27. The van der Waals surface area contributed by atoms with Crippen molar-refractivity contribution in [2.75, 3.05) is 25.0 Å². The van der Waals surface area contributed by atoms with Gasteiger partial charge in [-0.15, -0.1) is 0 Å². The van der Waals surface area contributed by atoms with Crippen LogP contribution in [0.4, 0.5) is 5.69 Å². The second-order valence-corrected chi connectivity index (χ2v) is 10.3. The zero-order valence-corrected chi connectivity index (χ0v) is 18.9. The molecule has 0 atom stereocenters. The van der Waals surface area contributed by atoms with Gasteiger partial charge in [-0.2, -0.15) is 4.31 Å². The fourth-order valence-electron chi connectivity index (χ4n) is 3.05. The Morgan fingerprint density at radius 1 is 1.14 bits per heavy atom. The summed E-state index contributed by atoms with van der Waals surface area (Å²) in [5, 5.41) is 2.81. The molecule has 0 saturated carbocycles. The average Bonchev–Trinajstić information content (AvgIpc) is 3.23. The highest BCUT2D eigenvalue weighted by atomic mass is 79.9. The monoisotopic (exact) mass is 480 g/mol. The molecule has 1 aliphatic rings. The third-order valence-electron chi connectivity index (χ3n) is 4.57. The van der Waals surface area contributed by atoms with Crippen molar-refractivity contribution in [3.63, 3.8) is 0 Å². The molecule has 0 radical (unpaired) electrons. The molecule has 0 aromatic heterocycles. The van der Waals surface area contributed by atoms with E-state index in [1.807, 2.05) is 19.9 Å². The molecule has 1 amide bonds. The predicted molar refractivity (Wildman–Crippen MR) is 117 cm³/mol. The van der Waals surface area contributed by atoms with Crippen LogP contribution in [-0.2, 0) is 10.0 Å². The first-order valence-corrected chi connectivity index (χ1v) is 11.8. The number of hydrogen-bond donors (Lipinski definition) is 1. The molecule has 1 aliphatic heterocycles. The summed E-state index contributed by atoms with van der Waals surface area (Å²) in [6.07, 6.45) is 1.78. The number of halogens is 1. The second kappa shape index (κ2) is 9.28. The quantitative estimate of drug-likeness (QED) is 0.631. The number of benzene rings is 2. The van der Waals surface area contributed by atoms with Gasteiger partial charge in [0, 0.05) is 23.2 Å². The van der Waals surface area contributed by atoms with Crippen molar-refractivity contribution in [1.29, 1.82) is 0 Å². The molecular weight excluding hydrogens is 456 g/mol. The summed E-state index contributed by atoms with van der Waals surface area (Å²) in [5.74, 6) is 0.521. The lowest BCUT2D eigenvalue weighted by atomic mass is 10.1. The smallest absolute Gasteiger partial charge is 0.259 e. The van der Waals surface area contributed by atoms with Crippen LogP contribution in [0, 0.1) is 5.92 Å². The molecule has 3 rings (SSSR count). The van der Waals surface area contributed by atoms with Crippen LogP contribution in [0.2, 0.25) is 0 Å². The molecule has 1 heterocycles. The first-order chi connectivity index (χ1) is 13.8. The lowest BCUT2D eigenvalue weighted by molar-refractivity contribution is 0.102. The molecule has 8 heteroatoms. The van der Waals surface area contributed by atoms with Gasteiger partial charge in [0.2, 0.25) is 10.0 Å². The van der Waals surface area contributed by atoms with Crippen molar-refractivity contribution in [3.05, 3.63) is 52.5 Å². The Morgan fingerprint density at radius 3 is 2.41 bits per heavy atom.